The second-order valence-electron chi connectivity index (χ2n) is 7.20. The quantitative estimate of drug-likeness (QED) is 0.222. The summed E-state index contributed by atoms with van der Waals surface area (Å²) in [5.74, 6) is -1.11. The van der Waals surface area contributed by atoms with Gasteiger partial charge in [-0.05, 0) is 51.1 Å². The van der Waals surface area contributed by atoms with E-state index in [0.717, 1.165) is 21.8 Å². The van der Waals surface area contributed by atoms with Gasteiger partial charge in [0.1, 0.15) is 0 Å². The van der Waals surface area contributed by atoms with Crippen molar-refractivity contribution >= 4 is 29.2 Å². The second kappa shape index (κ2) is 9.18. The van der Waals surface area contributed by atoms with Crippen molar-refractivity contribution in [2.24, 2.45) is 7.05 Å². The topological polar surface area (TPSA) is 91.4 Å². The maximum atomic E-state index is 12.4. The molecule has 3 aromatic rings. The molecule has 31 heavy (non-hydrogen) atoms. The zero-order valence-electron chi connectivity index (χ0n) is 17.7. The Labute approximate surface area is 184 Å². The molecule has 7 nitrogen and oxygen atoms in total. The van der Waals surface area contributed by atoms with Crippen molar-refractivity contribution in [3.8, 4) is 0 Å². The maximum Gasteiger partial charge on any atom is 0.338 e. The van der Waals surface area contributed by atoms with E-state index in [-0.39, 0.29) is 17.0 Å². The summed E-state index contributed by atoms with van der Waals surface area (Å²) in [6, 6.07) is 13.5. The Balaban J connectivity index is 1.74. The number of hydrogen-bond acceptors (Lipinski definition) is 6. The Bertz CT molecular complexity index is 1170. The standard InChI is InChI=1S/C23H22N2O5S/c1-14-5-8-18(9-6-14)31-22-10-7-17(12-20(22)25(28)29)23(27)30-13-21(26)19-11-15(2)24(4)16(19)3/h5-12H,13H2,1-4H3. The van der Waals surface area contributed by atoms with E-state index in [9.17, 15) is 19.7 Å². The first-order valence-electron chi connectivity index (χ1n) is 9.53. The molecule has 2 aromatic carbocycles. The number of benzene rings is 2. The Morgan fingerprint density at radius 2 is 1.74 bits per heavy atom. The van der Waals surface area contributed by atoms with Gasteiger partial charge in [-0.2, -0.15) is 0 Å². The van der Waals surface area contributed by atoms with Crippen LogP contribution in [0.1, 0.15) is 37.7 Å². The summed E-state index contributed by atoms with van der Waals surface area (Å²) in [6.07, 6.45) is 0. The summed E-state index contributed by atoms with van der Waals surface area (Å²) in [4.78, 5) is 37.1. The molecule has 8 heteroatoms. The van der Waals surface area contributed by atoms with Crippen LogP contribution in [0.4, 0.5) is 5.69 Å². The zero-order chi connectivity index (χ0) is 22.7. The number of hydrogen-bond donors (Lipinski definition) is 0. The third-order valence-corrected chi connectivity index (χ3v) is 6.12. The van der Waals surface area contributed by atoms with Gasteiger partial charge in [-0.3, -0.25) is 14.9 Å². The lowest BCUT2D eigenvalue weighted by Crippen LogP contribution is -2.15. The lowest BCUT2D eigenvalue weighted by Gasteiger charge is -2.07. The van der Waals surface area contributed by atoms with Crippen molar-refractivity contribution in [3.05, 3.63) is 86.7 Å². The number of nitro groups is 1. The van der Waals surface area contributed by atoms with Gasteiger partial charge in [-0.25, -0.2) is 4.79 Å². The summed E-state index contributed by atoms with van der Waals surface area (Å²) in [7, 11) is 1.85. The predicted octanol–water partition coefficient (Wildman–Crippen LogP) is 5.05. The van der Waals surface area contributed by atoms with Crippen LogP contribution in [-0.4, -0.2) is 27.8 Å². The fourth-order valence-electron chi connectivity index (χ4n) is 3.04. The molecule has 1 heterocycles. The Kier molecular flexibility index (Phi) is 6.60. The predicted molar refractivity (Wildman–Crippen MR) is 118 cm³/mol. The molecule has 0 aliphatic heterocycles. The van der Waals surface area contributed by atoms with E-state index in [1.165, 1.54) is 30.0 Å². The molecule has 0 N–H and O–H groups in total. The molecular weight excluding hydrogens is 416 g/mol. The number of ether oxygens (including phenoxy) is 1. The Morgan fingerprint density at radius 1 is 1.06 bits per heavy atom. The van der Waals surface area contributed by atoms with E-state index < -0.39 is 17.5 Å². The third-order valence-electron chi connectivity index (χ3n) is 5.05. The number of rotatable bonds is 7. The van der Waals surface area contributed by atoms with Crippen LogP contribution in [0, 0.1) is 30.9 Å². The highest BCUT2D eigenvalue weighted by Gasteiger charge is 2.21. The van der Waals surface area contributed by atoms with Crippen LogP contribution >= 0.6 is 11.8 Å². The second-order valence-corrected chi connectivity index (χ2v) is 8.31. The van der Waals surface area contributed by atoms with Crippen LogP contribution in [0.15, 0.2) is 58.3 Å². The average Bonchev–Trinajstić information content (AvgIpc) is 3.00. The van der Waals surface area contributed by atoms with Crippen molar-refractivity contribution in [2.75, 3.05) is 6.61 Å². The van der Waals surface area contributed by atoms with Crippen molar-refractivity contribution in [3.63, 3.8) is 0 Å². The first-order chi connectivity index (χ1) is 14.7. The molecule has 0 saturated carbocycles. The van der Waals surface area contributed by atoms with Gasteiger partial charge in [0.2, 0.25) is 5.78 Å². The molecular formula is C23H22N2O5S. The average molecular weight is 439 g/mol. The molecule has 1 aromatic heterocycles. The van der Waals surface area contributed by atoms with Crippen LogP contribution in [0.3, 0.4) is 0 Å². The number of Topliss-reactive ketones (excluding diaryl/α,β-unsaturated/α-hetero) is 1. The highest BCUT2D eigenvalue weighted by atomic mass is 32.2. The van der Waals surface area contributed by atoms with Crippen LogP contribution in [0.5, 0.6) is 0 Å². The minimum Gasteiger partial charge on any atom is -0.454 e. The molecule has 0 aliphatic carbocycles. The normalized spacial score (nSPS) is 10.7. The molecule has 0 atom stereocenters. The lowest BCUT2D eigenvalue weighted by atomic mass is 10.1. The lowest BCUT2D eigenvalue weighted by molar-refractivity contribution is -0.387. The molecule has 0 spiro atoms. The van der Waals surface area contributed by atoms with Crippen molar-refractivity contribution in [1.29, 1.82) is 0 Å². The van der Waals surface area contributed by atoms with Crippen LogP contribution in [0.2, 0.25) is 0 Å². The Morgan fingerprint density at radius 3 is 2.32 bits per heavy atom. The van der Waals surface area contributed by atoms with Crippen molar-refractivity contribution in [1.82, 2.24) is 4.57 Å². The minimum absolute atomic E-state index is 0.0220. The minimum atomic E-state index is -0.784. The fraction of sp³-hybridized carbons (Fsp3) is 0.217. The van der Waals surface area contributed by atoms with E-state index in [2.05, 4.69) is 0 Å². The number of esters is 1. The zero-order valence-corrected chi connectivity index (χ0v) is 18.5. The number of aryl methyl sites for hydroxylation is 2. The molecule has 0 amide bonds. The van der Waals surface area contributed by atoms with Gasteiger partial charge < -0.3 is 9.30 Å². The van der Waals surface area contributed by atoms with E-state index in [4.69, 9.17) is 4.74 Å². The van der Waals surface area contributed by atoms with Gasteiger partial charge in [0.15, 0.2) is 6.61 Å². The molecule has 0 unspecified atom stereocenters. The van der Waals surface area contributed by atoms with Crippen molar-refractivity contribution < 1.29 is 19.2 Å². The van der Waals surface area contributed by atoms with Gasteiger partial charge in [0.25, 0.3) is 5.69 Å². The number of carbonyl (C=O) groups excluding carboxylic acids is 2. The SMILES string of the molecule is Cc1ccc(Sc2ccc(C(=O)OCC(=O)c3cc(C)n(C)c3C)cc2[N+](=O)[O-])cc1. The number of carbonyl (C=O) groups is 2. The Hall–Kier alpha value is -3.39. The fourth-order valence-corrected chi connectivity index (χ4v) is 3.94. The van der Waals surface area contributed by atoms with Gasteiger partial charge in [0, 0.05) is 35.0 Å². The molecule has 160 valence electrons. The van der Waals surface area contributed by atoms with E-state index >= 15 is 0 Å². The van der Waals surface area contributed by atoms with Gasteiger partial charge in [0.05, 0.1) is 15.4 Å². The van der Waals surface area contributed by atoms with Gasteiger partial charge >= 0.3 is 5.97 Å². The van der Waals surface area contributed by atoms with Crippen LogP contribution in [0.25, 0.3) is 0 Å². The number of aromatic nitrogens is 1. The molecule has 3 rings (SSSR count). The number of ketones is 1. The van der Waals surface area contributed by atoms with Crippen LogP contribution < -0.4 is 0 Å². The monoisotopic (exact) mass is 438 g/mol. The first kappa shape index (κ1) is 22.3. The van der Waals surface area contributed by atoms with Crippen molar-refractivity contribution in [2.45, 2.75) is 30.6 Å². The largest absolute Gasteiger partial charge is 0.454 e. The van der Waals surface area contributed by atoms with E-state index in [1.54, 1.807) is 6.07 Å². The van der Waals surface area contributed by atoms with Gasteiger partial charge in [-0.1, -0.05) is 29.5 Å². The van der Waals surface area contributed by atoms with E-state index in [1.807, 2.05) is 56.7 Å². The van der Waals surface area contributed by atoms with Crippen LogP contribution in [-0.2, 0) is 11.8 Å². The molecule has 0 fully saturated rings. The molecule has 0 radical (unpaired) electrons. The highest BCUT2D eigenvalue weighted by molar-refractivity contribution is 7.99. The number of nitro benzene ring substituents is 1. The third kappa shape index (κ3) is 5.03. The van der Waals surface area contributed by atoms with E-state index in [0.29, 0.717) is 10.5 Å². The smallest absolute Gasteiger partial charge is 0.338 e. The maximum absolute atomic E-state index is 12.4. The van der Waals surface area contributed by atoms with Gasteiger partial charge in [-0.15, -0.1) is 0 Å². The summed E-state index contributed by atoms with van der Waals surface area (Å²) in [5.41, 5.74) is 3.11. The summed E-state index contributed by atoms with van der Waals surface area (Å²) in [5, 5.41) is 11.5. The molecule has 0 bridgehead atoms. The first-order valence-corrected chi connectivity index (χ1v) is 10.3. The molecule has 0 aliphatic rings. The molecule has 0 saturated heterocycles. The summed E-state index contributed by atoms with van der Waals surface area (Å²) in [6.45, 7) is 5.22. The highest BCUT2D eigenvalue weighted by Crippen LogP contribution is 2.35. The number of nitrogens with zero attached hydrogens (tertiary/aromatic N) is 2. The summed E-state index contributed by atoms with van der Waals surface area (Å²) < 4.78 is 7.01. The summed E-state index contributed by atoms with van der Waals surface area (Å²) >= 11 is 1.24.